The molecular formula is C11H15N3O4S. The number of aromatic nitrogens is 2. The fraction of sp³-hybridized carbons (Fsp3) is 0.455. The zero-order valence-corrected chi connectivity index (χ0v) is 11.7. The first-order valence-electron chi connectivity index (χ1n) is 5.49. The summed E-state index contributed by atoms with van der Waals surface area (Å²) < 4.78 is 0. The molecule has 0 aliphatic carbocycles. The van der Waals surface area contributed by atoms with Crippen LogP contribution in [0.4, 0.5) is 0 Å². The summed E-state index contributed by atoms with van der Waals surface area (Å²) in [4.78, 5) is 41.5. The van der Waals surface area contributed by atoms with Crippen LogP contribution in [0.25, 0.3) is 0 Å². The van der Waals surface area contributed by atoms with E-state index in [4.69, 9.17) is 5.11 Å². The van der Waals surface area contributed by atoms with Crippen molar-refractivity contribution >= 4 is 23.6 Å². The van der Waals surface area contributed by atoms with Crippen LogP contribution < -0.4 is 5.69 Å². The molecule has 0 saturated carbocycles. The van der Waals surface area contributed by atoms with Gasteiger partial charge in [0.1, 0.15) is 5.03 Å². The van der Waals surface area contributed by atoms with Gasteiger partial charge in [0.05, 0.1) is 12.0 Å². The molecule has 0 bridgehead atoms. The van der Waals surface area contributed by atoms with Crippen LogP contribution in [-0.4, -0.2) is 51.7 Å². The van der Waals surface area contributed by atoms with Crippen molar-refractivity contribution < 1.29 is 14.7 Å². The monoisotopic (exact) mass is 285 g/mol. The maximum atomic E-state index is 12.2. The molecule has 104 valence electrons. The predicted molar refractivity (Wildman–Crippen MR) is 70.6 cm³/mol. The van der Waals surface area contributed by atoms with E-state index in [1.54, 1.807) is 13.2 Å². The van der Waals surface area contributed by atoms with Gasteiger partial charge in [-0.15, -0.1) is 11.8 Å². The molecule has 1 aromatic rings. The zero-order chi connectivity index (χ0) is 14.6. The van der Waals surface area contributed by atoms with E-state index in [9.17, 15) is 14.4 Å². The van der Waals surface area contributed by atoms with Crippen molar-refractivity contribution in [3.05, 3.63) is 21.7 Å². The minimum atomic E-state index is -0.971. The summed E-state index contributed by atoms with van der Waals surface area (Å²) in [5.74, 6) is -1.33. The van der Waals surface area contributed by atoms with Crippen molar-refractivity contribution in [1.82, 2.24) is 14.9 Å². The Balaban J connectivity index is 3.05. The molecule has 8 heteroatoms. The molecule has 0 aliphatic rings. The van der Waals surface area contributed by atoms with E-state index in [1.165, 1.54) is 23.7 Å². The number of hydrogen-bond donors (Lipinski definition) is 2. The normalized spacial score (nSPS) is 10.3. The van der Waals surface area contributed by atoms with Gasteiger partial charge in [0.25, 0.3) is 5.91 Å². The molecule has 0 saturated heterocycles. The van der Waals surface area contributed by atoms with Gasteiger partial charge in [0, 0.05) is 19.3 Å². The van der Waals surface area contributed by atoms with Gasteiger partial charge in [-0.05, 0) is 13.2 Å². The van der Waals surface area contributed by atoms with Gasteiger partial charge in [-0.25, -0.2) is 4.79 Å². The molecule has 2 N–H and O–H groups in total. The van der Waals surface area contributed by atoms with Crippen LogP contribution >= 0.6 is 11.8 Å². The first kappa shape index (κ1) is 15.2. The number of aromatic amines is 1. The second kappa shape index (κ2) is 6.37. The summed E-state index contributed by atoms with van der Waals surface area (Å²) in [5.41, 5.74) is 0.225. The third-order valence-electron chi connectivity index (χ3n) is 2.50. The molecule has 7 nitrogen and oxygen atoms in total. The van der Waals surface area contributed by atoms with Gasteiger partial charge in [0.15, 0.2) is 0 Å². The Hall–Kier alpha value is -1.83. The van der Waals surface area contributed by atoms with E-state index in [1.807, 2.05) is 0 Å². The Kier molecular flexibility index (Phi) is 5.11. The summed E-state index contributed by atoms with van der Waals surface area (Å²) in [6, 6.07) is 0. The van der Waals surface area contributed by atoms with Crippen LogP contribution in [0.5, 0.6) is 0 Å². The first-order chi connectivity index (χ1) is 8.86. The Morgan fingerprint density at radius 2 is 2.11 bits per heavy atom. The van der Waals surface area contributed by atoms with Crippen LogP contribution in [0.15, 0.2) is 9.82 Å². The van der Waals surface area contributed by atoms with E-state index in [2.05, 4.69) is 9.97 Å². The Bertz CT molecular complexity index is 555. The predicted octanol–water partition coefficient (Wildman–Crippen LogP) is 0.347. The second-order valence-corrected chi connectivity index (χ2v) is 4.72. The number of hydrogen-bond acceptors (Lipinski definition) is 5. The van der Waals surface area contributed by atoms with E-state index in [0.29, 0.717) is 16.3 Å². The number of carbonyl (C=O) groups is 2. The van der Waals surface area contributed by atoms with E-state index >= 15 is 0 Å². The molecular weight excluding hydrogens is 270 g/mol. The molecule has 1 rings (SSSR count). The highest BCUT2D eigenvalue weighted by Crippen LogP contribution is 2.19. The lowest BCUT2D eigenvalue weighted by molar-refractivity contribution is -0.137. The summed E-state index contributed by atoms with van der Waals surface area (Å²) >= 11 is 1.20. The van der Waals surface area contributed by atoms with Gasteiger partial charge >= 0.3 is 11.7 Å². The van der Waals surface area contributed by atoms with Crippen LogP contribution in [0.3, 0.4) is 0 Å². The minimum Gasteiger partial charge on any atom is -0.481 e. The maximum absolute atomic E-state index is 12.2. The molecule has 1 aromatic heterocycles. The summed E-state index contributed by atoms with van der Waals surface area (Å²) in [6.45, 7) is 1.71. The summed E-state index contributed by atoms with van der Waals surface area (Å²) in [7, 11) is 1.51. The average molecular weight is 285 g/mol. The van der Waals surface area contributed by atoms with Crippen molar-refractivity contribution in [2.75, 3.05) is 19.8 Å². The third kappa shape index (κ3) is 3.82. The second-order valence-electron chi connectivity index (χ2n) is 3.92. The number of carbonyl (C=O) groups excluding carboxylic acids is 1. The van der Waals surface area contributed by atoms with Gasteiger partial charge in [-0.1, -0.05) is 0 Å². The Morgan fingerprint density at radius 1 is 1.47 bits per heavy atom. The minimum absolute atomic E-state index is 0.0978. The lowest BCUT2D eigenvalue weighted by Gasteiger charge is -2.18. The highest BCUT2D eigenvalue weighted by molar-refractivity contribution is 7.98. The number of thioether (sulfide) groups is 1. The molecule has 0 aromatic carbocycles. The third-order valence-corrected chi connectivity index (χ3v) is 3.18. The number of H-pyrrole nitrogens is 1. The highest BCUT2D eigenvalue weighted by atomic mass is 32.2. The molecule has 19 heavy (non-hydrogen) atoms. The van der Waals surface area contributed by atoms with Crippen molar-refractivity contribution in [3.63, 3.8) is 0 Å². The number of rotatable bonds is 5. The molecule has 1 heterocycles. The largest absolute Gasteiger partial charge is 0.481 e. The fourth-order valence-electron chi connectivity index (χ4n) is 1.51. The van der Waals surface area contributed by atoms with Crippen LogP contribution in [0.1, 0.15) is 22.5 Å². The molecule has 0 atom stereocenters. The molecule has 0 spiro atoms. The van der Waals surface area contributed by atoms with Gasteiger partial charge < -0.3 is 15.0 Å². The lowest BCUT2D eigenvalue weighted by atomic mass is 10.2. The summed E-state index contributed by atoms with van der Waals surface area (Å²) in [5, 5.41) is 8.95. The van der Waals surface area contributed by atoms with Crippen molar-refractivity contribution in [2.45, 2.75) is 18.4 Å². The number of carboxylic acid groups (broad SMARTS) is 1. The van der Waals surface area contributed by atoms with Crippen molar-refractivity contribution in [1.29, 1.82) is 0 Å². The lowest BCUT2D eigenvalue weighted by Crippen LogP contribution is -2.31. The summed E-state index contributed by atoms with van der Waals surface area (Å²) in [6.07, 6.45) is 1.59. The first-order valence-corrected chi connectivity index (χ1v) is 6.71. The van der Waals surface area contributed by atoms with Crippen LogP contribution in [0, 0.1) is 6.92 Å². The highest BCUT2D eigenvalue weighted by Gasteiger charge is 2.20. The van der Waals surface area contributed by atoms with Crippen LogP contribution in [0.2, 0.25) is 0 Å². The molecule has 0 fully saturated rings. The Morgan fingerprint density at radius 3 is 2.63 bits per heavy atom. The quantitative estimate of drug-likeness (QED) is 0.597. The average Bonchev–Trinajstić information content (AvgIpc) is 2.34. The standard InChI is InChI=1S/C11H15N3O4S/c1-6-8(9(19-3)13-11(18)12-6)10(17)14(2)5-4-7(15)16/h4-5H2,1-3H3,(H,15,16)(H,12,13,18). The van der Waals surface area contributed by atoms with Crippen molar-refractivity contribution in [2.24, 2.45) is 0 Å². The molecule has 0 unspecified atom stereocenters. The number of aryl methyl sites for hydroxylation is 1. The molecule has 0 aliphatic heterocycles. The fourth-order valence-corrected chi connectivity index (χ4v) is 2.13. The number of aliphatic carboxylic acids is 1. The van der Waals surface area contributed by atoms with E-state index in [-0.39, 0.29) is 18.9 Å². The van der Waals surface area contributed by atoms with Gasteiger partial charge in [0.2, 0.25) is 0 Å². The van der Waals surface area contributed by atoms with Crippen molar-refractivity contribution in [3.8, 4) is 0 Å². The number of nitrogens with zero attached hydrogens (tertiary/aromatic N) is 2. The van der Waals surface area contributed by atoms with E-state index < -0.39 is 11.7 Å². The molecule has 1 amide bonds. The smallest absolute Gasteiger partial charge is 0.346 e. The number of amides is 1. The number of nitrogens with one attached hydrogen (secondary N) is 1. The van der Waals surface area contributed by atoms with E-state index in [0.717, 1.165) is 0 Å². The Labute approximate surface area is 114 Å². The maximum Gasteiger partial charge on any atom is 0.346 e. The van der Waals surface area contributed by atoms with Gasteiger partial charge in [-0.2, -0.15) is 4.98 Å². The van der Waals surface area contributed by atoms with Crippen LogP contribution in [-0.2, 0) is 4.79 Å². The van der Waals surface area contributed by atoms with Gasteiger partial charge in [-0.3, -0.25) is 9.59 Å². The number of carboxylic acids is 1. The molecule has 0 radical (unpaired) electrons. The topological polar surface area (TPSA) is 103 Å². The SMILES string of the molecule is CSc1nc(=O)[nH]c(C)c1C(=O)N(C)CCC(=O)O. The zero-order valence-electron chi connectivity index (χ0n) is 10.9.